The third-order valence-corrected chi connectivity index (χ3v) is 3.62. The molecule has 124 valence electrons. The van der Waals surface area contributed by atoms with E-state index in [-0.39, 0.29) is 30.7 Å². The van der Waals surface area contributed by atoms with Crippen molar-refractivity contribution in [2.24, 2.45) is 0 Å². The summed E-state index contributed by atoms with van der Waals surface area (Å²) >= 11 is 0. The third kappa shape index (κ3) is 6.62. The lowest BCUT2D eigenvalue weighted by molar-refractivity contribution is -0.123. The van der Waals surface area contributed by atoms with Crippen LogP contribution in [0, 0.1) is 5.82 Å². The lowest BCUT2D eigenvalue weighted by Gasteiger charge is -2.14. The predicted octanol–water partition coefficient (Wildman–Crippen LogP) is 2.62. The zero-order valence-corrected chi connectivity index (χ0v) is 13.5. The van der Waals surface area contributed by atoms with Gasteiger partial charge in [0.25, 0.3) is 5.91 Å². The Morgan fingerprint density at radius 3 is 2.68 bits per heavy atom. The van der Waals surface area contributed by atoms with Gasteiger partial charge in [0.1, 0.15) is 0 Å². The van der Waals surface area contributed by atoms with E-state index in [1.807, 2.05) is 0 Å². The monoisotopic (exact) mass is 330 g/mol. The van der Waals surface area contributed by atoms with Crippen LogP contribution in [0.5, 0.6) is 5.75 Å². The van der Waals surface area contributed by atoms with E-state index >= 15 is 0 Å². The number of nitrogens with one attached hydrogen (secondary N) is 1. The first kappa shape index (κ1) is 18.7. The van der Waals surface area contributed by atoms with Crippen LogP contribution in [0.2, 0.25) is 0 Å². The number of para-hydroxylation sites is 1. The number of rotatable bonds is 8. The Kier molecular flexibility index (Phi) is 8.85. The largest absolute Gasteiger partial charge is 0.481 e. The van der Waals surface area contributed by atoms with Gasteiger partial charge in [-0.05, 0) is 57.5 Å². The summed E-state index contributed by atoms with van der Waals surface area (Å²) in [6.07, 6.45) is 4.67. The number of ether oxygens (including phenoxy) is 1. The molecule has 6 heteroatoms. The molecule has 1 aromatic rings. The molecule has 1 heterocycles. The fourth-order valence-electron chi connectivity index (χ4n) is 2.45. The number of unbranched alkanes of at least 4 members (excludes halogenated alkanes) is 1. The molecule has 2 rings (SSSR count). The summed E-state index contributed by atoms with van der Waals surface area (Å²) in [5.74, 6) is -0.544. The first-order chi connectivity index (χ1) is 10.3. The number of hydrogen-bond acceptors (Lipinski definition) is 3. The molecule has 1 aliphatic rings. The van der Waals surface area contributed by atoms with Crippen molar-refractivity contribution in [1.29, 1.82) is 0 Å². The van der Waals surface area contributed by atoms with Gasteiger partial charge in [-0.1, -0.05) is 12.1 Å². The van der Waals surface area contributed by atoms with Crippen molar-refractivity contribution in [2.45, 2.75) is 25.7 Å². The molecule has 0 spiro atoms. The van der Waals surface area contributed by atoms with Crippen LogP contribution in [0.15, 0.2) is 24.3 Å². The van der Waals surface area contributed by atoms with Crippen molar-refractivity contribution < 1.29 is 13.9 Å². The van der Waals surface area contributed by atoms with Crippen molar-refractivity contribution in [3.05, 3.63) is 30.1 Å². The van der Waals surface area contributed by atoms with Crippen LogP contribution < -0.4 is 10.1 Å². The van der Waals surface area contributed by atoms with Crippen molar-refractivity contribution in [1.82, 2.24) is 10.2 Å². The van der Waals surface area contributed by atoms with E-state index < -0.39 is 5.82 Å². The second-order valence-electron chi connectivity index (χ2n) is 5.32. The third-order valence-electron chi connectivity index (χ3n) is 3.62. The van der Waals surface area contributed by atoms with Gasteiger partial charge >= 0.3 is 0 Å². The van der Waals surface area contributed by atoms with E-state index in [0.29, 0.717) is 6.54 Å². The number of nitrogens with zero attached hydrogens (tertiary/aromatic N) is 1. The number of carbonyl (C=O) groups excluding carboxylic acids is 1. The van der Waals surface area contributed by atoms with Gasteiger partial charge in [-0.15, -0.1) is 12.4 Å². The van der Waals surface area contributed by atoms with E-state index in [1.165, 1.54) is 38.1 Å². The Bertz CT molecular complexity index is 454. The van der Waals surface area contributed by atoms with Crippen molar-refractivity contribution in [3.63, 3.8) is 0 Å². The second kappa shape index (κ2) is 10.4. The molecule has 0 aliphatic carbocycles. The molecule has 1 saturated heterocycles. The van der Waals surface area contributed by atoms with Gasteiger partial charge in [0.05, 0.1) is 0 Å². The highest BCUT2D eigenvalue weighted by Gasteiger charge is 2.10. The molecule has 0 saturated carbocycles. The van der Waals surface area contributed by atoms with Crippen LogP contribution in [0.25, 0.3) is 0 Å². The summed E-state index contributed by atoms with van der Waals surface area (Å²) in [6.45, 7) is 4.04. The number of halogens is 2. The molecule has 1 N–H and O–H groups in total. The maximum atomic E-state index is 13.3. The number of carbonyl (C=O) groups is 1. The molecule has 1 aliphatic heterocycles. The van der Waals surface area contributed by atoms with Crippen LogP contribution in [0.4, 0.5) is 4.39 Å². The Hall–Kier alpha value is -1.33. The fraction of sp³-hybridized carbons (Fsp3) is 0.562. The van der Waals surface area contributed by atoms with Gasteiger partial charge in [-0.2, -0.15) is 0 Å². The molecule has 0 unspecified atom stereocenters. The summed E-state index contributed by atoms with van der Waals surface area (Å²) in [5.41, 5.74) is 0. The Morgan fingerprint density at radius 2 is 1.95 bits per heavy atom. The molecule has 0 radical (unpaired) electrons. The van der Waals surface area contributed by atoms with Crippen molar-refractivity contribution in [2.75, 3.05) is 32.8 Å². The highest BCUT2D eigenvalue weighted by atomic mass is 35.5. The maximum Gasteiger partial charge on any atom is 0.257 e. The SMILES string of the molecule is Cl.O=C(COc1ccccc1F)NCCCCN1CCCC1. The van der Waals surface area contributed by atoms with E-state index in [2.05, 4.69) is 10.2 Å². The minimum absolute atomic E-state index is 0. The lowest BCUT2D eigenvalue weighted by Crippen LogP contribution is -2.30. The topological polar surface area (TPSA) is 41.6 Å². The minimum Gasteiger partial charge on any atom is -0.481 e. The average Bonchev–Trinajstić information content (AvgIpc) is 2.99. The molecule has 4 nitrogen and oxygen atoms in total. The second-order valence-corrected chi connectivity index (χ2v) is 5.32. The molecule has 0 atom stereocenters. The van der Waals surface area contributed by atoms with Crippen LogP contribution in [0.3, 0.4) is 0 Å². The van der Waals surface area contributed by atoms with Gasteiger partial charge in [0.15, 0.2) is 18.2 Å². The highest BCUT2D eigenvalue weighted by molar-refractivity contribution is 5.85. The van der Waals surface area contributed by atoms with Crippen molar-refractivity contribution in [3.8, 4) is 5.75 Å². The maximum absolute atomic E-state index is 13.3. The van der Waals surface area contributed by atoms with Crippen LogP contribution in [0.1, 0.15) is 25.7 Å². The van der Waals surface area contributed by atoms with E-state index in [1.54, 1.807) is 12.1 Å². The van der Waals surface area contributed by atoms with Crippen LogP contribution >= 0.6 is 12.4 Å². The predicted molar refractivity (Wildman–Crippen MR) is 87.1 cm³/mol. The van der Waals surface area contributed by atoms with E-state index in [4.69, 9.17) is 4.74 Å². The Morgan fingerprint density at radius 1 is 1.23 bits per heavy atom. The van der Waals surface area contributed by atoms with E-state index in [0.717, 1.165) is 19.4 Å². The number of benzene rings is 1. The molecule has 1 fully saturated rings. The molecule has 22 heavy (non-hydrogen) atoms. The summed E-state index contributed by atoms with van der Waals surface area (Å²) < 4.78 is 18.4. The highest BCUT2D eigenvalue weighted by Crippen LogP contribution is 2.14. The molecular formula is C16H24ClFN2O2. The van der Waals surface area contributed by atoms with Gasteiger partial charge < -0.3 is 15.0 Å². The van der Waals surface area contributed by atoms with Crippen molar-refractivity contribution >= 4 is 18.3 Å². The van der Waals surface area contributed by atoms with E-state index in [9.17, 15) is 9.18 Å². The molecule has 0 bridgehead atoms. The quantitative estimate of drug-likeness (QED) is 0.745. The normalized spacial score (nSPS) is 14.4. The average molecular weight is 331 g/mol. The Balaban J connectivity index is 0.00000242. The molecular weight excluding hydrogens is 307 g/mol. The summed E-state index contributed by atoms with van der Waals surface area (Å²) in [7, 11) is 0. The van der Waals surface area contributed by atoms with Gasteiger partial charge in [0.2, 0.25) is 0 Å². The smallest absolute Gasteiger partial charge is 0.257 e. The van der Waals surface area contributed by atoms with Crippen LogP contribution in [-0.4, -0.2) is 43.6 Å². The van der Waals surface area contributed by atoms with Gasteiger partial charge in [0, 0.05) is 6.54 Å². The fourth-order valence-corrected chi connectivity index (χ4v) is 2.45. The summed E-state index contributed by atoms with van der Waals surface area (Å²) in [6, 6.07) is 6.08. The van der Waals surface area contributed by atoms with Crippen LogP contribution in [-0.2, 0) is 4.79 Å². The first-order valence-corrected chi connectivity index (χ1v) is 7.62. The zero-order chi connectivity index (χ0) is 14.9. The summed E-state index contributed by atoms with van der Waals surface area (Å²) in [4.78, 5) is 14.0. The van der Waals surface area contributed by atoms with Gasteiger partial charge in [-0.3, -0.25) is 4.79 Å². The summed E-state index contributed by atoms with van der Waals surface area (Å²) in [5, 5.41) is 2.79. The lowest BCUT2D eigenvalue weighted by atomic mass is 10.3. The Labute approximate surface area is 137 Å². The minimum atomic E-state index is -0.448. The molecule has 1 amide bonds. The number of amides is 1. The standard InChI is InChI=1S/C16H23FN2O2.ClH/c17-14-7-1-2-8-15(14)21-13-16(20)18-9-3-4-10-19-11-5-6-12-19;/h1-2,7-8H,3-6,9-13H2,(H,18,20);1H. The molecule has 0 aromatic heterocycles. The molecule has 1 aromatic carbocycles. The number of hydrogen-bond donors (Lipinski definition) is 1. The first-order valence-electron chi connectivity index (χ1n) is 7.62. The van der Waals surface area contributed by atoms with Gasteiger partial charge in [-0.25, -0.2) is 4.39 Å². The number of likely N-dealkylation sites (tertiary alicyclic amines) is 1. The zero-order valence-electron chi connectivity index (χ0n) is 12.7.